The van der Waals surface area contributed by atoms with E-state index in [0.717, 1.165) is 0 Å². The van der Waals surface area contributed by atoms with E-state index < -0.39 is 30.3 Å². The van der Waals surface area contributed by atoms with Crippen molar-refractivity contribution in [1.29, 1.82) is 0 Å². The minimum atomic E-state index is -1.13. The van der Waals surface area contributed by atoms with Crippen LogP contribution < -0.4 is 32.7 Å². The number of amides is 2. The van der Waals surface area contributed by atoms with Crippen molar-refractivity contribution in [2.24, 2.45) is 0 Å². The van der Waals surface area contributed by atoms with Crippen LogP contribution in [0.4, 0.5) is 34.9 Å². The Morgan fingerprint density at radius 1 is 0.735 bits per heavy atom. The molecular weight excluding hydrogens is 640 g/mol. The van der Waals surface area contributed by atoms with Crippen molar-refractivity contribution in [3.05, 3.63) is 72.3 Å². The second-order valence-corrected chi connectivity index (χ2v) is 9.85. The summed E-state index contributed by atoms with van der Waals surface area (Å²) in [5.74, 6) is -1.43. The number of aromatic amines is 2. The fourth-order valence-corrected chi connectivity index (χ4v) is 4.26. The highest BCUT2D eigenvalue weighted by Crippen LogP contribution is 2.24. The molecular formula is C29H28N14O6. The van der Waals surface area contributed by atoms with Crippen LogP contribution in [0.3, 0.4) is 0 Å². The molecule has 0 saturated heterocycles. The van der Waals surface area contributed by atoms with Crippen LogP contribution >= 0.6 is 0 Å². The van der Waals surface area contributed by atoms with Crippen LogP contribution in [0.1, 0.15) is 21.0 Å². The number of carboxylic acid groups (broad SMARTS) is 1. The summed E-state index contributed by atoms with van der Waals surface area (Å²) in [6.07, 6.45) is 3.05. The van der Waals surface area contributed by atoms with E-state index in [0.29, 0.717) is 44.8 Å². The number of nitrogens with one attached hydrogen (secondary N) is 6. The maximum absolute atomic E-state index is 12.2. The van der Waals surface area contributed by atoms with E-state index in [1.165, 1.54) is 19.5 Å². The van der Waals surface area contributed by atoms with Gasteiger partial charge in [-0.2, -0.15) is 20.2 Å². The molecule has 20 heteroatoms. The predicted octanol–water partition coefficient (Wildman–Crippen LogP) is 1.07. The topological polar surface area (TPSA) is 307 Å². The SMILES string of the molecule is COC(=O)CNC(=O)c1n[nH]c2ccc(Nc3ccnc(N)n3)cc12.Nc1nccc(Nc2ccc3[nH]nc(C(=O)NCC(=O)O)c3c2)n1. The van der Waals surface area contributed by atoms with Gasteiger partial charge in [0.25, 0.3) is 11.8 Å². The largest absolute Gasteiger partial charge is 0.480 e. The number of ether oxygens (including phenoxy) is 1. The van der Waals surface area contributed by atoms with Gasteiger partial charge in [-0.05, 0) is 48.5 Å². The maximum atomic E-state index is 12.2. The number of aromatic nitrogens is 8. The Kier molecular flexibility index (Phi) is 9.97. The maximum Gasteiger partial charge on any atom is 0.325 e. The van der Waals surface area contributed by atoms with Crippen molar-refractivity contribution in [3.63, 3.8) is 0 Å². The number of anilines is 6. The summed E-state index contributed by atoms with van der Waals surface area (Å²) in [5.41, 5.74) is 14.0. The van der Waals surface area contributed by atoms with Gasteiger partial charge in [-0.25, -0.2) is 9.97 Å². The number of nitrogens with zero attached hydrogens (tertiary/aromatic N) is 6. The number of carbonyl (C=O) groups is 4. The lowest BCUT2D eigenvalue weighted by Gasteiger charge is -2.06. The molecule has 0 aliphatic rings. The second-order valence-electron chi connectivity index (χ2n) is 9.85. The molecule has 20 nitrogen and oxygen atoms in total. The molecule has 0 aliphatic heterocycles. The Balaban J connectivity index is 0.000000191. The van der Waals surface area contributed by atoms with Gasteiger partial charge >= 0.3 is 11.9 Å². The minimum Gasteiger partial charge on any atom is -0.480 e. The van der Waals surface area contributed by atoms with Crippen molar-refractivity contribution in [3.8, 4) is 0 Å². The Bertz CT molecular complexity index is 2160. The predicted molar refractivity (Wildman–Crippen MR) is 176 cm³/mol. The number of carbonyl (C=O) groups excluding carboxylic acids is 3. The fraction of sp³-hybridized carbons (Fsp3) is 0.103. The van der Waals surface area contributed by atoms with E-state index in [1.54, 1.807) is 48.5 Å². The number of rotatable bonds is 10. The van der Waals surface area contributed by atoms with Crippen LogP contribution in [0, 0.1) is 0 Å². The zero-order chi connectivity index (χ0) is 34.9. The van der Waals surface area contributed by atoms with Crippen LogP contribution in [0.25, 0.3) is 21.8 Å². The lowest BCUT2D eigenvalue weighted by Crippen LogP contribution is -2.30. The summed E-state index contributed by atoms with van der Waals surface area (Å²) in [6.45, 7) is -0.715. The lowest BCUT2D eigenvalue weighted by molar-refractivity contribution is -0.139. The minimum absolute atomic E-state index is 0.108. The molecule has 49 heavy (non-hydrogen) atoms. The quantitative estimate of drug-likeness (QED) is 0.0922. The molecule has 0 unspecified atom stereocenters. The normalized spacial score (nSPS) is 10.5. The first-order chi connectivity index (χ1) is 23.6. The highest BCUT2D eigenvalue weighted by molar-refractivity contribution is 6.07. The zero-order valence-electron chi connectivity index (χ0n) is 25.5. The zero-order valence-corrected chi connectivity index (χ0v) is 25.5. The Morgan fingerprint density at radius 3 is 1.63 bits per heavy atom. The van der Waals surface area contributed by atoms with Crippen molar-refractivity contribution < 1.29 is 29.0 Å². The third-order valence-corrected chi connectivity index (χ3v) is 6.47. The molecule has 6 rings (SSSR count). The number of fused-ring (bicyclic) bond motifs is 2. The number of nitrogens with two attached hydrogens (primary N) is 2. The van der Waals surface area contributed by atoms with Crippen molar-refractivity contribution in [1.82, 2.24) is 51.0 Å². The number of methoxy groups -OCH3 is 1. The highest BCUT2D eigenvalue weighted by atomic mass is 16.5. The Labute approximate surface area is 275 Å². The number of nitrogen functional groups attached to an aromatic ring is 2. The second kappa shape index (κ2) is 14.8. The van der Waals surface area contributed by atoms with Gasteiger partial charge < -0.3 is 42.6 Å². The number of hydrogen-bond donors (Lipinski definition) is 9. The van der Waals surface area contributed by atoms with E-state index in [1.807, 2.05) is 0 Å². The van der Waals surface area contributed by atoms with E-state index in [9.17, 15) is 19.2 Å². The first-order valence-electron chi connectivity index (χ1n) is 14.1. The van der Waals surface area contributed by atoms with Crippen molar-refractivity contribution in [2.45, 2.75) is 0 Å². The van der Waals surface area contributed by atoms with Crippen LogP contribution in [0.2, 0.25) is 0 Å². The average molecular weight is 669 g/mol. The molecule has 2 aromatic carbocycles. The van der Waals surface area contributed by atoms with Crippen LogP contribution in [0.5, 0.6) is 0 Å². The fourth-order valence-electron chi connectivity index (χ4n) is 4.26. The van der Waals surface area contributed by atoms with E-state index in [4.69, 9.17) is 16.6 Å². The standard InChI is InChI=1S/C15H15N7O3.C14H13N7O3/c1-25-12(23)7-18-14(24)13-9-6-8(2-3-10(9)21-22-13)19-11-4-5-17-15(16)20-11;15-14-16-4-3-10(19-14)18-7-1-2-9-8(5-7)12(21-20-9)13(24)17-6-11(22)23/h2-6H,7H2,1H3,(H,18,24)(H,21,22)(H3,16,17,19,20);1-5H,6H2,(H,17,24)(H,20,21)(H,22,23)(H3,15,16,18,19). The van der Waals surface area contributed by atoms with Crippen molar-refractivity contribution in [2.75, 3.05) is 42.3 Å². The number of esters is 1. The number of benzene rings is 2. The van der Waals surface area contributed by atoms with Crippen LogP contribution in [-0.2, 0) is 14.3 Å². The van der Waals surface area contributed by atoms with E-state index in [-0.39, 0.29) is 29.8 Å². The third-order valence-electron chi connectivity index (χ3n) is 6.47. The number of hydrogen-bond acceptors (Lipinski definition) is 15. The molecule has 0 spiro atoms. The Morgan fingerprint density at radius 2 is 1.20 bits per heavy atom. The van der Waals surface area contributed by atoms with Gasteiger partial charge in [0, 0.05) is 34.5 Å². The summed E-state index contributed by atoms with van der Waals surface area (Å²) in [6, 6.07) is 13.8. The summed E-state index contributed by atoms with van der Waals surface area (Å²) < 4.78 is 4.49. The van der Waals surface area contributed by atoms with E-state index >= 15 is 0 Å². The molecule has 0 saturated carbocycles. The molecule has 2 amide bonds. The molecule has 0 aliphatic carbocycles. The summed E-state index contributed by atoms with van der Waals surface area (Å²) in [4.78, 5) is 61.6. The molecule has 0 atom stereocenters. The highest BCUT2D eigenvalue weighted by Gasteiger charge is 2.17. The molecule has 4 aromatic heterocycles. The number of carboxylic acids is 1. The first-order valence-corrected chi connectivity index (χ1v) is 14.1. The molecule has 6 aromatic rings. The molecule has 0 bridgehead atoms. The van der Waals surface area contributed by atoms with Gasteiger partial charge in [-0.3, -0.25) is 29.4 Å². The van der Waals surface area contributed by atoms with Gasteiger partial charge in [0.2, 0.25) is 11.9 Å². The smallest absolute Gasteiger partial charge is 0.325 e. The van der Waals surface area contributed by atoms with Crippen LogP contribution in [0.15, 0.2) is 60.9 Å². The molecule has 11 N–H and O–H groups in total. The summed E-state index contributed by atoms with van der Waals surface area (Å²) in [7, 11) is 1.25. The lowest BCUT2D eigenvalue weighted by atomic mass is 10.2. The molecule has 0 radical (unpaired) electrons. The van der Waals surface area contributed by atoms with Gasteiger partial charge in [-0.1, -0.05) is 0 Å². The summed E-state index contributed by atoms with van der Waals surface area (Å²) >= 11 is 0. The number of aliphatic carboxylic acids is 1. The van der Waals surface area contributed by atoms with Crippen LogP contribution in [-0.4, -0.2) is 89.4 Å². The molecule has 0 fully saturated rings. The van der Waals surface area contributed by atoms with E-state index in [2.05, 4.69) is 66.3 Å². The Hall–Kier alpha value is -7.38. The third kappa shape index (κ3) is 8.46. The molecule has 250 valence electrons. The monoisotopic (exact) mass is 668 g/mol. The summed E-state index contributed by atoms with van der Waals surface area (Å²) in [5, 5.41) is 34.0. The van der Waals surface area contributed by atoms with Gasteiger partial charge in [0.05, 0.1) is 18.1 Å². The van der Waals surface area contributed by atoms with Crippen molar-refractivity contribution >= 4 is 80.5 Å². The number of H-pyrrole nitrogens is 2. The van der Waals surface area contributed by atoms with Gasteiger partial charge in [0.15, 0.2) is 11.4 Å². The van der Waals surface area contributed by atoms with Gasteiger partial charge in [0.1, 0.15) is 24.7 Å². The average Bonchev–Trinajstić information content (AvgIpc) is 3.70. The first kappa shape index (κ1) is 33.0. The molecule has 4 heterocycles. The van der Waals surface area contributed by atoms with Gasteiger partial charge in [-0.15, -0.1) is 0 Å².